The highest BCUT2D eigenvalue weighted by Crippen LogP contribution is 2.25. The first-order valence-corrected chi connectivity index (χ1v) is 7.57. The van der Waals surface area contributed by atoms with Crippen LogP contribution in [0.2, 0.25) is 0 Å². The summed E-state index contributed by atoms with van der Waals surface area (Å²) in [6.45, 7) is 3.17. The number of rotatable bonds is 4. The molecule has 2 rings (SSSR count). The van der Waals surface area contributed by atoms with Crippen molar-refractivity contribution in [1.82, 2.24) is 4.31 Å². The molecular weight excluding hydrogens is 254 g/mol. The minimum Gasteiger partial charge on any atom is -0.440 e. The topological polar surface area (TPSA) is 67.6 Å². The highest BCUT2D eigenvalue weighted by atomic mass is 32.2. The van der Waals surface area contributed by atoms with E-state index in [0.29, 0.717) is 25.3 Å². The highest BCUT2D eigenvalue weighted by Gasteiger charge is 2.31. The van der Waals surface area contributed by atoms with Crippen molar-refractivity contribution in [3.8, 4) is 0 Å². The van der Waals surface area contributed by atoms with Crippen molar-refractivity contribution in [2.24, 2.45) is 5.92 Å². The molecule has 0 unspecified atom stereocenters. The summed E-state index contributed by atoms with van der Waals surface area (Å²) in [6, 6.07) is 2.71. The molecule has 0 saturated carbocycles. The summed E-state index contributed by atoms with van der Waals surface area (Å²) in [7, 11) is -3.58. The molecule has 0 aliphatic carbocycles. The van der Waals surface area contributed by atoms with Crippen LogP contribution in [0.25, 0.3) is 0 Å². The zero-order valence-corrected chi connectivity index (χ0v) is 11.1. The Labute approximate surface area is 107 Å². The Morgan fingerprint density at radius 2 is 2.06 bits per heavy atom. The van der Waals surface area contributed by atoms with E-state index in [4.69, 9.17) is 4.42 Å². The molecule has 0 N–H and O–H groups in total. The van der Waals surface area contributed by atoms with Gasteiger partial charge in [-0.15, -0.1) is 0 Å². The SMILES string of the molecule is CCC1CCN(S(=O)(=O)c2ccc(C=O)o2)CC1. The van der Waals surface area contributed by atoms with Gasteiger partial charge < -0.3 is 4.42 Å². The molecule has 100 valence electrons. The Morgan fingerprint density at radius 3 is 2.56 bits per heavy atom. The Kier molecular flexibility index (Phi) is 3.87. The predicted octanol–water partition coefficient (Wildman–Crippen LogP) is 1.90. The molecule has 2 heterocycles. The second kappa shape index (κ2) is 5.24. The van der Waals surface area contributed by atoms with E-state index in [0.717, 1.165) is 19.3 Å². The predicted molar refractivity (Wildman–Crippen MR) is 65.9 cm³/mol. The van der Waals surface area contributed by atoms with E-state index in [2.05, 4.69) is 6.92 Å². The van der Waals surface area contributed by atoms with Crippen LogP contribution in [-0.2, 0) is 10.0 Å². The molecule has 5 nitrogen and oxygen atoms in total. The first-order valence-electron chi connectivity index (χ1n) is 6.13. The minimum absolute atomic E-state index is 0.0389. The van der Waals surface area contributed by atoms with Gasteiger partial charge in [0.25, 0.3) is 10.0 Å². The van der Waals surface area contributed by atoms with E-state index in [1.807, 2.05) is 0 Å². The molecule has 1 aliphatic rings. The van der Waals surface area contributed by atoms with Gasteiger partial charge >= 0.3 is 0 Å². The van der Waals surface area contributed by atoms with Crippen LogP contribution < -0.4 is 0 Å². The fourth-order valence-electron chi connectivity index (χ4n) is 2.22. The van der Waals surface area contributed by atoms with Crippen LogP contribution in [0.3, 0.4) is 0 Å². The van der Waals surface area contributed by atoms with Crippen molar-refractivity contribution < 1.29 is 17.6 Å². The van der Waals surface area contributed by atoms with Crippen LogP contribution in [0.15, 0.2) is 21.6 Å². The molecule has 0 amide bonds. The number of aldehydes is 1. The normalized spacial score (nSPS) is 18.9. The van der Waals surface area contributed by atoms with E-state index in [1.165, 1.54) is 16.4 Å². The summed E-state index contributed by atoms with van der Waals surface area (Å²) >= 11 is 0. The summed E-state index contributed by atoms with van der Waals surface area (Å²) in [5.74, 6) is 0.649. The average molecular weight is 271 g/mol. The Hall–Kier alpha value is -1.14. The molecule has 1 saturated heterocycles. The number of nitrogens with zero attached hydrogens (tertiary/aromatic N) is 1. The maximum Gasteiger partial charge on any atom is 0.276 e. The second-order valence-electron chi connectivity index (χ2n) is 4.53. The molecule has 1 aromatic heterocycles. The van der Waals surface area contributed by atoms with Gasteiger partial charge in [0.15, 0.2) is 12.0 Å². The largest absolute Gasteiger partial charge is 0.440 e. The number of carbonyl (C=O) groups is 1. The molecule has 1 fully saturated rings. The molecule has 1 aliphatic heterocycles. The van der Waals surface area contributed by atoms with Gasteiger partial charge in [-0.1, -0.05) is 13.3 Å². The monoisotopic (exact) mass is 271 g/mol. The second-order valence-corrected chi connectivity index (χ2v) is 6.40. The lowest BCUT2D eigenvalue weighted by Gasteiger charge is -2.29. The maximum atomic E-state index is 12.2. The minimum atomic E-state index is -3.58. The lowest BCUT2D eigenvalue weighted by Crippen LogP contribution is -2.38. The number of furan rings is 1. The van der Waals surface area contributed by atoms with Gasteiger partial charge in [-0.2, -0.15) is 4.31 Å². The Bertz CT molecular complexity index is 512. The first-order chi connectivity index (χ1) is 8.57. The van der Waals surface area contributed by atoms with Crippen molar-refractivity contribution >= 4 is 16.3 Å². The molecular formula is C12H17NO4S. The van der Waals surface area contributed by atoms with E-state index in [1.54, 1.807) is 0 Å². The number of piperidine rings is 1. The quantitative estimate of drug-likeness (QED) is 0.784. The van der Waals surface area contributed by atoms with Crippen LogP contribution in [0, 0.1) is 5.92 Å². The third-order valence-corrected chi connectivity index (χ3v) is 5.24. The third-order valence-electron chi connectivity index (χ3n) is 3.46. The van der Waals surface area contributed by atoms with Crippen molar-refractivity contribution in [2.45, 2.75) is 31.3 Å². The van der Waals surface area contributed by atoms with Gasteiger partial charge in [-0.05, 0) is 30.9 Å². The number of hydrogen-bond acceptors (Lipinski definition) is 4. The third kappa shape index (κ3) is 2.49. The maximum absolute atomic E-state index is 12.2. The van der Waals surface area contributed by atoms with Crippen LogP contribution in [0.5, 0.6) is 0 Å². The van der Waals surface area contributed by atoms with Gasteiger partial charge in [0.1, 0.15) is 0 Å². The molecule has 0 aromatic carbocycles. The molecule has 6 heteroatoms. The van der Waals surface area contributed by atoms with Gasteiger partial charge in [0, 0.05) is 13.1 Å². The fraction of sp³-hybridized carbons (Fsp3) is 0.583. The van der Waals surface area contributed by atoms with Crippen molar-refractivity contribution in [1.29, 1.82) is 0 Å². The van der Waals surface area contributed by atoms with E-state index >= 15 is 0 Å². The van der Waals surface area contributed by atoms with Gasteiger partial charge in [0.05, 0.1) is 0 Å². The van der Waals surface area contributed by atoms with Crippen LogP contribution in [0.1, 0.15) is 36.7 Å². The number of sulfonamides is 1. The van der Waals surface area contributed by atoms with E-state index < -0.39 is 10.0 Å². The molecule has 0 bridgehead atoms. The smallest absolute Gasteiger partial charge is 0.276 e. The van der Waals surface area contributed by atoms with Crippen molar-refractivity contribution in [3.05, 3.63) is 17.9 Å². The Morgan fingerprint density at radius 1 is 1.39 bits per heavy atom. The molecule has 0 radical (unpaired) electrons. The van der Waals surface area contributed by atoms with Crippen LogP contribution in [-0.4, -0.2) is 32.1 Å². The number of hydrogen-bond donors (Lipinski definition) is 0. The summed E-state index contributed by atoms with van der Waals surface area (Å²) in [6.07, 6.45) is 3.36. The summed E-state index contributed by atoms with van der Waals surface area (Å²) in [5.41, 5.74) is 0. The first kappa shape index (κ1) is 13.3. The standard InChI is InChI=1S/C12H17NO4S/c1-2-10-5-7-13(8-6-10)18(15,16)12-4-3-11(9-14)17-12/h3-4,9-10H,2,5-8H2,1H3. The summed E-state index contributed by atoms with van der Waals surface area (Å²) in [5, 5.41) is -0.139. The van der Waals surface area contributed by atoms with Gasteiger partial charge in [-0.25, -0.2) is 8.42 Å². The van der Waals surface area contributed by atoms with Crippen molar-refractivity contribution in [2.75, 3.05) is 13.1 Å². The average Bonchev–Trinajstić information content (AvgIpc) is 2.88. The van der Waals surface area contributed by atoms with Crippen LogP contribution in [0.4, 0.5) is 0 Å². The molecule has 1 aromatic rings. The summed E-state index contributed by atoms with van der Waals surface area (Å²) in [4.78, 5) is 10.5. The Balaban J connectivity index is 2.14. The van der Waals surface area contributed by atoms with E-state index in [9.17, 15) is 13.2 Å². The summed E-state index contributed by atoms with van der Waals surface area (Å²) < 4.78 is 30.9. The van der Waals surface area contributed by atoms with E-state index in [-0.39, 0.29) is 10.9 Å². The van der Waals surface area contributed by atoms with Gasteiger partial charge in [0.2, 0.25) is 5.09 Å². The lowest BCUT2D eigenvalue weighted by molar-refractivity contribution is 0.109. The number of carbonyl (C=O) groups excluding carboxylic acids is 1. The van der Waals surface area contributed by atoms with Gasteiger partial charge in [-0.3, -0.25) is 4.79 Å². The molecule has 18 heavy (non-hydrogen) atoms. The molecule has 0 spiro atoms. The fourth-order valence-corrected chi connectivity index (χ4v) is 3.61. The highest BCUT2D eigenvalue weighted by molar-refractivity contribution is 7.89. The molecule has 0 atom stereocenters. The van der Waals surface area contributed by atoms with Crippen molar-refractivity contribution in [3.63, 3.8) is 0 Å². The zero-order valence-electron chi connectivity index (χ0n) is 10.3. The lowest BCUT2D eigenvalue weighted by atomic mass is 9.96. The van der Waals surface area contributed by atoms with Crippen LogP contribution >= 0.6 is 0 Å². The zero-order chi connectivity index (χ0) is 13.2.